The van der Waals surface area contributed by atoms with Gasteiger partial charge in [0.15, 0.2) is 0 Å². The SMILES string of the molecule is COCCC(C1CCNCC1)N(C)N. The van der Waals surface area contributed by atoms with Crippen molar-refractivity contribution in [2.24, 2.45) is 11.8 Å². The van der Waals surface area contributed by atoms with Gasteiger partial charge in [-0.2, -0.15) is 0 Å². The smallest absolute Gasteiger partial charge is 0.0477 e. The molecule has 0 spiro atoms. The summed E-state index contributed by atoms with van der Waals surface area (Å²) in [6.45, 7) is 3.06. The quantitative estimate of drug-likeness (QED) is 0.493. The Morgan fingerprint density at radius 3 is 2.64 bits per heavy atom. The maximum atomic E-state index is 5.87. The first kappa shape index (κ1) is 11.9. The lowest BCUT2D eigenvalue weighted by molar-refractivity contribution is 0.101. The number of nitrogens with one attached hydrogen (secondary N) is 1. The summed E-state index contributed by atoms with van der Waals surface area (Å²) in [7, 11) is 3.71. The largest absolute Gasteiger partial charge is 0.385 e. The van der Waals surface area contributed by atoms with Gasteiger partial charge in [0.25, 0.3) is 0 Å². The van der Waals surface area contributed by atoms with Gasteiger partial charge in [0.05, 0.1) is 0 Å². The van der Waals surface area contributed by atoms with Gasteiger partial charge in [0, 0.05) is 26.8 Å². The molecule has 0 aromatic heterocycles. The fourth-order valence-electron chi connectivity index (χ4n) is 2.24. The molecule has 3 N–H and O–H groups in total. The van der Waals surface area contributed by atoms with Crippen LogP contribution in [0.2, 0.25) is 0 Å². The Kier molecular flexibility index (Phi) is 5.40. The minimum absolute atomic E-state index is 0.469. The Morgan fingerprint density at radius 1 is 1.50 bits per heavy atom. The molecular formula is C10H23N3O. The molecule has 1 unspecified atom stereocenters. The van der Waals surface area contributed by atoms with Crippen LogP contribution < -0.4 is 11.2 Å². The molecule has 1 atom stereocenters. The molecule has 0 radical (unpaired) electrons. The summed E-state index contributed by atoms with van der Waals surface area (Å²) < 4.78 is 5.12. The van der Waals surface area contributed by atoms with Crippen molar-refractivity contribution in [1.82, 2.24) is 10.3 Å². The molecule has 4 heteroatoms. The fourth-order valence-corrected chi connectivity index (χ4v) is 2.24. The third kappa shape index (κ3) is 3.53. The molecule has 1 aliphatic heterocycles. The summed E-state index contributed by atoms with van der Waals surface area (Å²) >= 11 is 0. The van der Waals surface area contributed by atoms with Crippen LogP contribution >= 0.6 is 0 Å². The van der Waals surface area contributed by atoms with Gasteiger partial charge in [-0.1, -0.05) is 0 Å². The Labute approximate surface area is 86.8 Å². The number of hydrazine groups is 1. The second-order valence-corrected chi connectivity index (χ2v) is 4.10. The van der Waals surface area contributed by atoms with Crippen LogP contribution in [-0.2, 0) is 4.74 Å². The molecule has 1 aliphatic rings. The predicted octanol–water partition coefficient (Wildman–Crippen LogP) is 0.197. The lowest BCUT2D eigenvalue weighted by atomic mass is 9.88. The van der Waals surface area contributed by atoms with E-state index in [0.717, 1.165) is 32.0 Å². The van der Waals surface area contributed by atoms with Crippen molar-refractivity contribution in [3.63, 3.8) is 0 Å². The molecule has 1 rings (SSSR count). The molecule has 1 fully saturated rings. The molecule has 0 bridgehead atoms. The molecule has 0 aliphatic carbocycles. The van der Waals surface area contributed by atoms with Crippen LogP contribution in [-0.4, -0.2) is 44.9 Å². The highest BCUT2D eigenvalue weighted by Gasteiger charge is 2.24. The van der Waals surface area contributed by atoms with Crippen LogP contribution in [0.5, 0.6) is 0 Å². The molecule has 0 amide bonds. The second-order valence-electron chi connectivity index (χ2n) is 4.10. The molecule has 0 aromatic carbocycles. The topological polar surface area (TPSA) is 50.5 Å². The average Bonchev–Trinajstić information content (AvgIpc) is 2.19. The zero-order valence-corrected chi connectivity index (χ0v) is 9.33. The zero-order valence-electron chi connectivity index (χ0n) is 9.33. The first-order chi connectivity index (χ1) is 6.75. The van der Waals surface area contributed by atoms with E-state index in [-0.39, 0.29) is 0 Å². The van der Waals surface area contributed by atoms with Gasteiger partial charge in [0.1, 0.15) is 0 Å². The van der Waals surface area contributed by atoms with Crippen LogP contribution in [0.1, 0.15) is 19.3 Å². The van der Waals surface area contributed by atoms with Crippen molar-refractivity contribution in [2.75, 3.05) is 33.9 Å². The summed E-state index contributed by atoms with van der Waals surface area (Å²) in [5.74, 6) is 6.59. The molecule has 14 heavy (non-hydrogen) atoms. The number of methoxy groups -OCH3 is 1. The van der Waals surface area contributed by atoms with Crippen molar-refractivity contribution < 1.29 is 4.74 Å². The zero-order chi connectivity index (χ0) is 10.4. The highest BCUT2D eigenvalue weighted by Crippen LogP contribution is 2.21. The number of rotatable bonds is 5. The molecule has 1 saturated heterocycles. The summed E-state index contributed by atoms with van der Waals surface area (Å²) in [5, 5.41) is 5.23. The highest BCUT2D eigenvalue weighted by atomic mass is 16.5. The van der Waals surface area contributed by atoms with E-state index in [9.17, 15) is 0 Å². The van der Waals surface area contributed by atoms with Crippen LogP contribution in [0.15, 0.2) is 0 Å². The number of nitrogens with two attached hydrogens (primary N) is 1. The first-order valence-electron chi connectivity index (χ1n) is 5.43. The lowest BCUT2D eigenvalue weighted by Crippen LogP contribution is -2.46. The van der Waals surface area contributed by atoms with E-state index < -0.39 is 0 Å². The highest BCUT2D eigenvalue weighted by molar-refractivity contribution is 4.79. The van der Waals surface area contributed by atoms with E-state index >= 15 is 0 Å². The monoisotopic (exact) mass is 201 g/mol. The summed E-state index contributed by atoms with van der Waals surface area (Å²) in [5.41, 5.74) is 0. The van der Waals surface area contributed by atoms with Crippen molar-refractivity contribution in [1.29, 1.82) is 0 Å². The minimum atomic E-state index is 0.469. The second kappa shape index (κ2) is 6.35. The molecule has 0 aromatic rings. The standard InChI is InChI=1S/C10H23N3O/c1-13(11)10(5-8-14-2)9-3-6-12-7-4-9/h9-10,12H,3-8,11H2,1-2H3. The van der Waals surface area contributed by atoms with Crippen LogP contribution in [0.4, 0.5) is 0 Å². The molecular weight excluding hydrogens is 178 g/mol. The van der Waals surface area contributed by atoms with Gasteiger partial charge >= 0.3 is 0 Å². The van der Waals surface area contributed by atoms with Gasteiger partial charge < -0.3 is 10.1 Å². The van der Waals surface area contributed by atoms with E-state index in [0.29, 0.717) is 6.04 Å². The number of ether oxygens (including phenoxy) is 1. The molecule has 1 heterocycles. The number of hydrogen-bond acceptors (Lipinski definition) is 4. The van der Waals surface area contributed by atoms with Gasteiger partial charge in [-0.25, -0.2) is 5.01 Å². The minimum Gasteiger partial charge on any atom is -0.385 e. The first-order valence-corrected chi connectivity index (χ1v) is 5.43. The van der Waals surface area contributed by atoms with Gasteiger partial charge in [-0.15, -0.1) is 0 Å². The van der Waals surface area contributed by atoms with Crippen LogP contribution in [0, 0.1) is 5.92 Å². The van der Waals surface area contributed by atoms with E-state index in [1.807, 2.05) is 12.1 Å². The van der Waals surface area contributed by atoms with E-state index in [1.54, 1.807) is 7.11 Å². The van der Waals surface area contributed by atoms with Crippen molar-refractivity contribution >= 4 is 0 Å². The van der Waals surface area contributed by atoms with Gasteiger partial charge in [-0.05, 0) is 38.3 Å². The predicted molar refractivity (Wildman–Crippen MR) is 57.8 cm³/mol. The van der Waals surface area contributed by atoms with Crippen LogP contribution in [0.3, 0.4) is 0 Å². The Bertz CT molecular complexity index is 146. The Balaban J connectivity index is 2.39. The number of piperidine rings is 1. The molecule has 0 saturated carbocycles. The van der Waals surface area contributed by atoms with Crippen molar-refractivity contribution in [2.45, 2.75) is 25.3 Å². The van der Waals surface area contributed by atoms with E-state index in [2.05, 4.69) is 5.32 Å². The van der Waals surface area contributed by atoms with Crippen molar-refractivity contribution in [3.8, 4) is 0 Å². The maximum absolute atomic E-state index is 5.87. The lowest BCUT2D eigenvalue weighted by Gasteiger charge is -2.34. The average molecular weight is 201 g/mol. The fraction of sp³-hybridized carbons (Fsp3) is 1.00. The number of hydrogen-bond donors (Lipinski definition) is 2. The van der Waals surface area contributed by atoms with Crippen molar-refractivity contribution in [3.05, 3.63) is 0 Å². The Morgan fingerprint density at radius 2 is 2.14 bits per heavy atom. The van der Waals surface area contributed by atoms with Gasteiger partial charge in [0.2, 0.25) is 0 Å². The van der Waals surface area contributed by atoms with E-state index in [4.69, 9.17) is 10.6 Å². The third-order valence-corrected chi connectivity index (χ3v) is 3.07. The summed E-state index contributed by atoms with van der Waals surface area (Å²) in [6.07, 6.45) is 3.50. The third-order valence-electron chi connectivity index (χ3n) is 3.07. The Hall–Kier alpha value is -0.160. The maximum Gasteiger partial charge on any atom is 0.0477 e. The van der Waals surface area contributed by atoms with E-state index in [1.165, 1.54) is 12.8 Å². The normalized spacial score (nSPS) is 21.4. The summed E-state index contributed by atoms with van der Waals surface area (Å²) in [4.78, 5) is 0. The van der Waals surface area contributed by atoms with Crippen LogP contribution in [0.25, 0.3) is 0 Å². The van der Waals surface area contributed by atoms with Gasteiger partial charge in [-0.3, -0.25) is 5.84 Å². The molecule has 84 valence electrons. The number of nitrogens with zero attached hydrogens (tertiary/aromatic N) is 1. The molecule has 4 nitrogen and oxygen atoms in total. The summed E-state index contributed by atoms with van der Waals surface area (Å²) in [6, 6.07) is 0.469.